The van der Waals surface area contributed by atoms with Crippen LogP contribution in [0.4, 0.5) is 30.2 Å². The molecule has 2 aromatic carbocycles. The van der Waals surface area contributed by atoms with Gasteiger partial charge in [-0.25, -0.2) is 4.85 Å². The van der Waals surface area contributed by atoms with Gasteiger partial charge in [0, 0.05) is 31.6 Å². The van der Waals surface area contributed by atoms with Crippen molar-refractivity contribution in [2.45, 2.75) is 18.7 Å². The quantitative estimate of drug-likeness (QED) is 0.378. The maximum absolute atomic E-state index is 12.8. The van der Waals surface area contributed by atoms with Gasteiger partial charge in [0.25, 0.3) is 5.91 Å². The summed E-state index contributed by atoms with van der Waals surface area (Å²) in [5.74, 6) is -0.909. The van der Waals surface area contributed by atoms with E-state index in [4.69, 9.17) is 16.8 Å². The van der Waals surface area contributed by atoms with Gasteiger partial charge in [-0.05, 0) is 31.2 Å². The largest absolute Gasteiger partial charge is 0.407 e. The molecule has 4 N–H and O–H groups in total. The van der Waals surface area contributed by atoms with Crippen LogP contribution < -0.4 is 10.2 Å². The van der Waals surface area contributed by atoms with E-state index in [0.717, 1.165) is 17.8 Å². The number of carbonyl (C=O) groups is 1. The molecule has 0 aliphatic rings. The molecule has 0 aliphatic carbocycles. The van der Waals surface area contributed by atoms with Crippen LogP contribution >= 0.6 is 12.4 Å². The van der Waals surface area contributed by atoms with Gasteiger partial charge in [0.2, 0.25) is 0 Å². The molecule has 0 spiro atoms. The summed E-state index contributed by atoms with van der Waals surface area (Å²) in [6, 6.07) is 12.5. The minimum Gasteiger partial charge on any atom is -0.395 e. The highest BCUT2D eigenvalue weighted by Crippen LogP contribution is 2.38. The fourth-order valence-electron chi connectivity index (χ4n) is 2.80. The number of aliphatic hydroxyl groups is 3. The molecule has 0 bridgehead atoms. The van der Waals surface area contributed by atoms with Gasteiger partial charge in [-0.3, -0.25) is 4.79 Å². The number of amides is 1. The first-order valence-corrected chi connectivity index (χ1v) is 10.1. The van der Waals surface area contributed by atoms with E-state index >= 15 is 0 Å². The number of hydrogen-bond donors (Lipinski definition) is 4. The van der Waals surface area contributed by atoms with E-state index < -0.39 is 28.9 Å². The van der Waals surface area contributed by atoms with Crippen LogP contribution in [0, 0.1) is 6.57 Å². The van der Waals surface area contributed by atoms with Crippen molar-refractivity contribution in [3.63, 3.8) is 0 Å². The number of benzene rings is 2. The van der Waals surface area contributed by atoms with Gasteiger partial charge < -0.3 is 30.3 Å². The molecule has 194 valence electrons. The predicted octanol–water partition coefficient (Wildman–Crippen LogP) is 3.49. The maximum Gasteiger partial charge on any atom is 0.407 e. The van der Waals surface area contributed by atoms with Crippen LogP contribution in [0.1, 0.15) is 12.5 Å². The zero-order valence-corrected chi connectivity index (χ0v) is 20.1. The van der Waals surface area contributed by atoms with E-state index in [9.17, 15) is 23.1 Å². The van der Waals surface area contributed by atoms with Crippen molar-refractivity contribution in [2.24, 2.45) is 0 Å². The smallest absolute Gasteiger partial charge is 0.395 e. The van der Waals surface area contributed by atoms with Crippen molar-refractivity contribution in [2.75, 3.05) is 50.2 Å². The predicted molar refractivity (Wildman–Crippen MR) is 129 cm³/mol. The summed E-state index contributed by atoms with van der Waals surface area (Å²) >= 11 is 0. The van der Waals surface area contributed by atoms with Crippen LogP contribution in [0.15, 0.2) is 48.5 Å². The Balaban J connectivity index is 0.000000711. The van der Waals surface area contributed by atoms with E-state index in [0.29, 0.717) is 19.2 Å². The lowest BCUT2D eigenvalue weighted by Gasteiger charge is -2.22. The number of hydrogen-bond acceptors (Lipinski definition) is 6. The van der Waals surface area contributed by atoms with Gasteiger partial charge in [0.15, 0.2) is 11.3 Å². The molecule has 1 amide bonds. The third kappa shape index (κ3) is 10.5. The zero-order valence-electron chi connectivity index (χ0n) is 19.2. The Labute approximate surface area is 208 Å². The first-order valence-electron chi connectivity index (χ1n) is 10.1. The number of aliphatic hydroxyl groups excluding tert-OH is 2. The van der Waals surface area contributed by atoms with Gasteiger partial charge in [-0.1, -0.05) is 24.3 Å². The van der Waals surface area contributed by atoms with Crippen LogP contribution in [0.5, 0.6) is 0 Å². The molecule has 0 saturated carbocycles. The van der Waals surface area contributed by atoms with Crippen molar-refractivity contribution in [1.29, 1.82) is 0 Å². The molecule has 2 aromatic rings. The first kappa shape index (κ1) is 32.1. The molecule has 0 unspecified atom stereocenters. The summed E-state index contributed by atoms with van der Waals surface area (Å²) in [6.07, 6.45) is -4.71. The summed E-state index contributed by atoms with van der Waals surface area (Å²) in [4.78, 5) is 16.5. The minimum absolute atomic E-state index is 0. The molecular weight excluding hydrogens is 491 g/mol. The number of alkyl halides is 3. The maximum atomic E-state index is 12.8. The molecule has 0 saturated heterocycles. The Morgan fingerprint density at radius 2 is 1.69 bits per heavy atom. The van der Waals surface area contributed by atoms with Crippen molar-refractivity contribution in [1.82, 2.24) is 0 Å². The highest BCUT2D eigenvalue weighted by molar-refractivity contribution is 5.97. The van der Waals surface area contributed by atoms with Crippen LogP contribution in [-0.4, -0.2) is 66.8 Å². The monoisotopic (exact) mass is 519 g/mol. The molecule has 0 heterocycles. The molecule has 8 nitrogen and oxygen atoms in total. The highest BCUT2D eigenvalue weighted by Gasteiger charge is 2.35. The van der Waals surface area contributed by atoms with Gasteiger partial charge in [-0.2, -0.15) is 13.2 Å². The molecule has 1 atom stereocenters. The number of nitrogens with zero attached hydrogens (tertiary/aromatic N) is 2. The lowest BCUT2D eigenvalue weighted by Crippen LogP contribution is -2.43. The molecular formula is C23H29ClF3N3O5. The van der Waals surface area contributed by atoms with Gasteiger partial charge >= 0.3 is 6.18 Å². The Morgan fingerprint density at radius 3 is 2.14 bits per heavy atom. The molecule has 0 aromatic heterocycles. The lowest BCUT2D eigenvalue weighted by molar-refractivity contribution is -0.138. The normalized spacial score (nSPS) is 12.2. The second-order valence-electron chi connectivity index (χ2n) is 7.27. The summed E-state index contributed by atoms with van der Waals surface area (Å²) < 4.78 is 43.0. The summed E-state index contributed by atoms with van der Waals surface area (Å²) in [7, 11) is 1.27. The van der Waals surface area contributed by atoms with Crippen LogP contribution in [0.25, 0.3) is 4.85 Å². The van der Waals surface area contributed by atoms with Gasteiger partial charge in [0.1, 0.15) is 0 Å². The number of anilines is 2. The summed E-state index contributed by atoms with van der Waals surface area (Å²) in [6.45, 7) is 8.90. The van der Waals surface area contributed by atoms with E-state index in [-0.39, 0.29) is 37.9 Å². The summed E-state index contributed by atoms with van der Waals surface area (Å²) in [5, 5.41) is 29.5. The van der Waals surface area contributed by atoms with E-state index in [1.807, 2.05) is 35.2 Å². The number of para-hydroxylation sites is 1. The summed E-state index contributed by atoms with van der Waals surface area (Å²) in [5.41, 5.74) is -2.74. The number of halogens is 4. The first-order chi connectivity index (χ1) is 16.0. The molecule has 12 heteroatoms. The Kier molecular flexibility index (Phi) is 13.9. The zero-order chi connectivity index (χ0) is 25.8. The minimum atomic E-state index is -4.71. The number of rotatable bonds is 9. The Morgan fingerprint density at radius 1 is 1.11 bits per heavy atom. The molecule has 2 rings (SSSR count). The Bertz CT molecular complexity index is 948. The topological polar surface area (TPSA) is 107 Å². The van der Waals surface area contributed by atoms with Crippen LogP contribution in [0.2, 0.25) is 0 Å². The van der Waals surface area contributed by atoms with Crippen molar-refractivity contribution in [3.8, 4) is 0 Å². The third-order valence-corrected chi connectivity index (χ3v) is 4.46. The molecule has 0 fully saturated rings. The lowest BCUT2D eigenvalue weighted by atomic mass is 10.1. The third-order valence-electron chi connectivity index (χ3n) is 4.46. The van der Waals surface area contributed by atoms with Crippen molar-refractivity contribution in [3.05, 3.63) is 65.5 Å². The SMILES string of the molecule is Cl.OCCN(CCO)c1ccccc1.[C-]#[N+]c1ccc(NC(=O)[C@@](C)(O)COC)cc1C(F)(F)F. The van der Waals surface area contributed by atoms with Crippen molar-refractivity contribution >= 4 is 35.4 Å². The van der Waals surface area contributed by atoms with E-state index in [1.54, 1.807) is 0 Å². The number of nitrogens with one attached hydrogen (secondary N) is 1. The molecule has 0 aliphatic heterocycles. The molecule has 35 heavy (non-hydrogen) atoms. The van der Waals surface area contributed by atoms with E-state index in [2.05, 4.69) is 14.9 Å². The van der Waals surface area contributed by atoms with Crippen molar-refractivity contribution < 1.29 is 38.0 Å². The number of carbonyl (C=O) groups excluding carboxylic acids is 1. The van der Waals surface area contributed by atoms with E-state index in [1.165, 1.54) is 14.0 Å². The average Bonchev–Trinajstić information content (AvgIpc) is 2.79. The van der Waals surface area contributed by atoms with Gasteiger partial charge in [-0.15, -0.1) is 12.4 Å². The van der Waals surface area contributed by atoms with Gasteiger partial charge in [0.05, 0.1) is 32.0 Å². The second-order valence-corrected chi connectivity index (χ2v) is 7.27. The Hall–Kier alpha value is -2.88. The average molecular weight is 520 g/mol. The van der Waals surface area contributed by atoms with Crippen LogP contribution in [0.3, 0.4) is 0 Å². The number of methoxy groups -OCH3 is 1. The highest BCUT2D eigenvalue weighted by atomic mass is 35.5. The number of ether oxygens (including phenoxy) is 1. The standard InChI is InChI=1S/C13H13F3N2O3.C10H15NO2.ClH/c1-12(20,7-21-3)11(19)18-8-4-5-10(17-2)9(6-8)13(14,15)16;12-8-6-11(7-9-13)10-4-2-1-3-5-10;/h4-6,20H,7H2,1,3H3,(H,18,19);1-5,12-13H,6-9H2;1H/t12-;;/m0../s1. The fourth-order valence-corrected chi connectivity index (χ4v) is 2.80. The fraction of sp³-hybridized carbons (Fsp3) is 0.391. The van der Waals surface area contributed by atoms with Crippen LogP contribution in [-0.2, 0) is 15.7 Å². The second kappa shape index (κ2) is 15.2. The molecule has 0 radical (unpaired) electrons.